The number of hydrogen-bond donors (Lipinski definition) is 1. The molecule has 0 aliphatic rings. The number of unbranched alkanes of at least 4 members (excludes halogenated alkanes) is 6. The largest absolute Gasteiger partial charge is 0.324 e. The lowest BCUT2D eigenvalue weighted by atomic mass is 10.1. The van der Waals surface area contributed by atoms with Crippen LogP contribution in [0.1, 0.15) is 51.4 Å². The number of nitrogens with zero attached hydrogens (tertiary/aromatic N) is 1. The van der Waals surface area contributed by atoms with Gasteiger partial charge in [-0.05, 0) is 31.4 Å². The summed E-state index contributed by atoms with van der Waals surface area (Å²) in [7, 11) is 0. The minimum absolute atomic E-state index is 0.0785. The molecule has 0 unspecified atom stereocenters. The second-order valence-corrected chi connectivity index (χ2v) is 5.88. The zero-order chi connectivity index (χ0) is 16.3. The van der Waals surface area contributed by atoms with Crippen molar-refractivity contribution in [3.8, 4) is 0 Å². The highest BCUT2D eigenvalue weighted by Crippen LogP contribution is 2.21. The van der Waals surface area contributed by atoms with Gasteiger partial charge in [-0.25, -0.2) is 0 Å². The molecule has 0 bridgehead atoms. The van der Waals surface area contributed by atoms with Crippen LogP contribution >= 0.6 is 0 Å². The topological polar surface area (TPSA) is 42.0 Å². The van der Waals surface area contributed by atoms with E-state index in [1.54, 1.807) is 6.20 Å². The average molecular weight is 310 g/mol. The van der Waals surface area contributed by atoms with Crippen molar-refractivity contribution in [2.75, 3.05) is 5.32 Å². The Balaban J connectivity index is 1.69. The first-order chi connectivity index (χ1) is 11.3. The van der Waals surface area contributed by atoms with Crippen molar-refractivity contribution in [1.82, 2.24) is 4.98 Å². The highest BCUT2D eigenvalue weighted by Gasteiger charge is 2.06. The van der Waals surface area contributed by atoms with Gasteiger partial charge in [0.05, 0.1) is 11.2 Å². The number of aromatic nitrogens is 1. The molecule has 3 nitrogen and oxygen atoms in total. The van der Waals surface area contributed by atoms with Crippen LogP contribution in [0.15, 0.2) is 49.2 Å². The molecular formula is C20H26N2O. The molecule has 0 saturated heterocycles. The summed E-state index contributed by atoms with van der Waals surface area (Å²) in [6, 6.07) is 9.77. The Bertz CT molecular complexity index is 631. The minimum atomic E-state index is 0.0785. The van der Waals surface area contributed by atoms with E-state index >= 15 is 0 Å². The third-order valence-corrected chi connectivity index (χ3v) is 3.97. The monoisotopic (exact) mass is 310 g/mol. The van der Waals surface area contributed by atoms with Gasteiger partial charge in [0.1, 0.15) is 0 Å². The number of pyridine rings is 1. The van der Waals surface area contributed by atoms with Gasteiger partial charge >= 0.3 is 0 Å². The molecule has 1 heterocycles. The van der Waals surface area contributed by atoms with Crippen molar-refractivity contribution in [1.29, 1.82) is 0 Å². The van der Waals surface area contributed by atoms with Crippen LogP contribution < -0.4 is 5.32 Å². The molecule has 0 aliphatic carbocycles. The zero-order valence-corrected chi connectivity index (χ0v) is 13.8. The van der Waals surface area contributed by atoms with Crippen LogP contribution in [0.5, 0.6) is 0 Å². The molecule has 0 fully saturated rings. The van der Waals surface area contributed by atoms with Crippen molar-refractivity contribution in [3.05, 3.63) is 49.2 Å². The van der Waals surface area contributed by atoms with Gasteiger partial charge < -0.3 is 5.32 Å². The number of anilines is 1. The van der Waals surface area contributed by atoms with Crippen LogP contribution in [0, 0.1) is 0 Å². The number of carbonyl (C=O) groups excluding carboxylic acids is 1. The molecule has 1 N–H and O–H groups in total. The number of rotatable bonds is 10. The van der Waals surface area contributed by atoms with E-state index in [2.05, 4.69) is 16.9 Å². The highest BCUT2D eigenvalue weighted by molar-refractivity contribution is 6.00. The number of hydrogen-bond acceptors (Lipinski definition) is 2. The Morgan fingerprint density at radius 2 is 1.78 bits per heavy atom. The van der Waals surface area contributed by atoms with E-state index in [0.29, 0.717) is 6.42 Å². The third kappa shape index (κ3) is 5.85. The molecule has 0 radical (unpaired) electrons. The maximum absolute atomic E-state index is 12.1. The number of allylic oxidation sites excluding steroid dienone is 1. The number of benzene rings is 1. The molecule has 23 heavy (non-hydrogen) atoms. The fourth-order valence-electron chi connectivity index (χ4n) is 2.70. The van der Waals surface area contributed by atoms with Crippen LogP contribution in [0.4, 0.5) is 5.69 Å². The van der Waals surface area contributed by atoms with Crippen LogP contribution in [-0.4, -0.2) is 10.9 Å². The number of carbonyl (C=O) groups is 1. The molecular weight excluding hydrogens is 284 g/mol. The molecule has 2 rings (SSSR count). The smallest absolute Gasteiger partial charge is 0.224 e. The Kier molecular flexibility index (Phi) is 7.31. The number of fused-ring (bicyclic) bond motifs is 1. The van der Waals surface area contributed by atoms with Gasteiger partial charge in [-0.1, -0.05) is 50.0 Å². The molecule has 0 atom stereocenters. The molecule has 0 saturated carbocycles. The van der Waals surface area contributed by atoms with Crippen LogP contribution in [-0.2, 0) is 4.79 Å². The highest BCUT2D eigenvalue weighted by atomic mass is 16.1. The number of nitrogens with one attached hydrogen (secondary N) is 1. The lowest BCUT2D eigenvalue weighted by Crippen LogP contribution is -2.11. The van der Waals surface area contributed by atoms with Crippen molar-refractivity contribution in [2.24, 2.45) is 0 Å². The van der Waals surface area contributed by atoms with Gasteiger partial charge in [0.2, 0.25) is 5.91 Å². The normalized spacial score (nSPS) is 10.6. The van der Waals surface area contributed by atoms with Gasteiger partial charge in [-0.3, -0.25) is 9.78 Å². The lowest BCUT2D eigenvalue weighted by Gasteiger charge is -2.08. The number of amides is 1. The molecule has 122 valence electrons. The standard InChI is InChI=1S/C20H26N2O/c1-2-3-4-5-6-7-8-9-15-19(23)22-18-14-10-12-17-13-11-16-21-20(17)18/h2,10-14,16H,1,3-9,15H2,(H,22,23). The molecule has 0 aliphatic heterocycles. The van der Waals surface area contributed by atoms with E-state index in [1.807, 2.05) is 36.4 Å². The van der Waals surface area contributed by atoms with E-state index in [1.165, 1.54) is 25.7 Å². The molecule has 1 aromatic heterocycles. The first-order valence-electron chi connectivity index (χ1n) is 8.56. The van der Waals surface area contributed by atoms with Crippen LogP contribution in [0.2, 0.25) is 0 Å². The zero-order valence-electron chi connectivity index (χ0n) is 13.8. The van der Waals surface area contributed by atoms with Crippen molar-refractivity contribution in [3.63, 3.8) is 0 Å². The van der Waals surface area contributed by atoms with Gasteiger partial charge in [-0.15, -0.1) is 6.58 Å². The Morgan fingerprint density at radius 3 is 2.61 bits per heavy atom. The predicted molar refractivity (Wildman–Crippen MR) is 97.5 cm³/mol. The summed E-state index contributed by atoms with van der Waals surface area (Å²) < 4.78 is 0. The third-order valence-electron chi connectivity index (χ3n) is 3.97. The van der Waals surface area contributed by atoms with Gasteiger partial charge in [0.25, 0.3) is 0 Å². The quantitative estimate of drug-likeness (QED) is 0.466. The van der Waals surface area contributed by atoms with Crippen molar-refractivity contribution in [2.45, 2.75) is 51.4 Å². The molecule has 1 amide bonds. The second kappa shape index (κ2) is 9.78. The molecule has 3 heteroatoms. The molecule has 0 spiro atoms. The summed E-state index contributed by atoms with van der Waals surface area (Å²) in [6.45, 7) is 3.73. The predicted octanol–water partition coefficient (Wildman–Crippen LogP) is 5.48. The number of para-hydroxylation sites is 1. The van der Waals surface area contributed by atoms with E-state index < -0.39 is 0 Å². The fourth-order valence-corrected chi connectivity index (χ4v) is 2.70. The Labute approximate surface area is 138 Å². The molecule has 1 aromatic carbocycles. The Hall–Kier alpha value is -2.16. The van der Waals surface area contributed by atoms with Gasteiger partial charge in [0, 0.05) is 18.0 Å². The second-order valence-electron chi connectivity index (χ2n) is 5.88. The SMILES string of the molecule is C=CCCCCCCCCC(=O)Nc1cccc2cccnc12. The molecule has 2 aromatic rings. The fraction of sp³-hybridized carbons (Fsp3) is 0.400. The Morgan fingerprint density at radius 1 is 1.04 bits per heavy atom. The maximum Gasteiger partial charge on any atom is 0.224 e. The van der Waals surface area contributed by atoms with E-state index in [-0.39, 0.29) is 5.91 Å². The van der Waals surface area contributed by atoms with Crippen LogP contribution in [0.25, 0.3) is 10.9 Å². The maximum atomic E-state index is 12.1. The summed E-state index contributed by atoms with van der Waals surface area (Å²) in [4.78, 5) is 16.4. The summed E-state index contributed by atoms with van der Waals surface area (Å²) in [5.74, 6) is 0.0785. The summed E-state index contributed by atoms with van der Waals surface area (Å²) in [6.07, 6.45) is 12.5. The van der Waals surface area contributed by atoms with E-state index in [0.717, 1.165) is 35.9 Å². The van der Waals surface area contributed by atoms with Crippen molar-refractivity contribution >= 4 is 22.5 Å². The average Bonchev–Trinajstić information content (AvgIpc) is 2.57. The summed E-state index contributed by atoms with van der Waals surface area (Å²) in [5.41, 5.74) is 1.66. The van der Waals surface area contributed by atoms with Crippen LogP contribution in [0.3, 0.4) is 0 Å². The van der Waals surface area contributed by atoms with E-state index in [4.69, 9.17) is 0 Å². The van der Waals surface area contributed by atoms with Gasteiger partial charge in [-0.2, -0.15) is 0 Å². The lowest BCUT2D eigenvalue weighted by molar-refractivity contribution is -0.116. The summed E-state index contributed by atoms with van der Waals surface area (Å²) >= 11 is 0. The first-order valence-corrected chi connectivity index (χ1v) is 8.56. The first kappa shape index (κ1) is 17.2. The van der Waals surface area contributed by atoms with Gasteiger partial charge in [0.15, 0.2) is 0 Å². The van der Waals surface area contributed by atoms with E-state index in [9.17, 15) is 4.79 Å². The van der Waals surface area contributed by atoms with Crippen molar-refractivity contribution < 1.29 is 4.79 Å². The minimum Gasteiger partial charge on any atom is -0.324 e. The summed E-state index contributed by atoms with van der Waals surface area (Å²) in [5, 5.41) is 4.04.